The van der Waals surface area contributed by atoms with Crippen molar-refractivity contribution in [3.63, 3.8) is 0 Å². The lowest BCUT2D eigenvalue weighted by Gasteiger charge is -2.23. The van der Waals surface area contributed by atoms with Crippen LogP contribution in [0.4, 0.5) is 10.5 Å². The van der Waals surface area contributed by atoms with E-state index >= 15 is 0 Å². The highest BCUT2D eigenvalue weighted by Gasteiger charge is 2.34. The van der Waals surface area contributed by atoms with Crippen LogP contribution in [0, 0.1) is 0 Å². The van der Waals surface area contributed by atoms with Gasteiger partial charge < -0.3 is 15.7 Å². The number of nitrogens with one attached hydrogen (secondary N) is 2. The molecule has 0 aromatic heterocycles. The summed E-state index contributed by atoms with van der Waals surface area (Å²) in [4.78, 5) is 21.0. The average Bonchev–Trinajstić information content (AvgIpc) is 2.31. The molecular weight excluding hydrogens is 276 g/mol. The van der Waals surface area contributed by atoms with Crippen molar-refractivity contribution in [1.82, 2.24) is 5.32 Å². The molecule has 0 fully saturated rings. The molecule has 0 spiro atoms. The van der Waals surface area contributed by atoms with Crippen molar-refractivity contribution in [3.05, 3.63) is 29.3 Å². The lowest BCUT2D eigenvalue weighted by Crippen LogP contribution is -2.51. The first-order valence-electron chi connectivity index (χ1n) is 5.18. The molecule has 2 amide bonds. The van der Waals surface area contributed by atoms with E-state index in [1.807, 2.05) is 0 Å². The Bertz CT molecular complexity index is 452. The summed E-state index contributed by atoms with van der Waals surface area (Å²) >= 11 is 9.64. The van der Waals surface area contributed by atoms with Gasteiger partial charge in [0.25, 0.3) is 0 Å². The molecule has 0 saturated carbocycles. The van der Waals surface area contributed by atoms with Gasteiger partial charge in [-0.2, -0.15) is 0 Å². The third kappa shape index (κ3) is 3.82. The van der Waals surface area contributed by atoms with Crippen LogP contribution in [0.25, 0.3) is 0 Å². The van der Waals surface area contributed by atoms with Crippen LogP contribution in [0.1, 0.15) is 13.3 Å². The molecule has 0 bridgehead atoms. The molecule has 0 aliphatic heterocycles. The number of rotatable bonds is 4. The SMILES string of the molecule is CC[C@](S)(NC(=O)Nc1ccc(Cl)cc1)C(=O)O. The first kappa shape index (κ1) is 14.7. The molecule has 98 valence electrons. The molecule has 18 heavy (non-hydrogen) atoms. The van der Waals surface area contributed by atoms with E-state index in [0.717, 1.165) is 0 Å². The van der Waals surface area contributed by atoms with Crippen LogP contribution < -0.4 is 10.6 Å². The molecule has 1 rings (SSSR count). The highest BCUT2D eigenvalue weighted by Crippen LogP contribution is 2.17. The fourth-order valence-electron chi connectivity index (χ4n) is 1.18. The van der Waals surface area contributed by atoms with Crippen molar-refractivity contribution in [2.45, 2.75) is 18.2 Å². The molecule has 5 nitrogen and oxygen atoms in total. The number of thiol groups is 1. The van der Waals surface area contributed by atoms with E-state index < -0.39 is 16.9 Å². The minimum atomic E-state index is -1.59. The maximum absolute atomic E-state index is 11.6. The van der Waals surface area contributed by atoms with E-state index in [1.54, 1.807) is 31.2 Å². The highest BCUT2D eigenvalue weighted by atomic mass is 35.5. The second-order valence-electron chi connectivity index (χ2n) is 3.60. The van der Waals surface area contributed by atoms with E-state index in [-0.39, 0.29) is 6.42 Å². The summed E-state index contributed by atoms with van der Waals surface area (Å²) < 4.78 is 0. The van der Waals surface area contributed by atoms with Gasteiger partial charge in [-0.25, -0.2) is 9.59 Å². The van der Waals surface area contributed by atoms with Crippen molar-refractivity contribution in [1.29, 1.82) is 0 Å². The molecule has 0 aliphatic carbocycles. The summed E-state index contributed by atoms with van der Waals surface area (Å²) in [5.74, 6) is -1.21. The van der Waals surface area contributed by atoms with Crippen LogP contribution in [0.2, 0.25) is 5.02 Å². The summed E-state index contributed by atoms with van der Waals surface area (Å²) in [6.07, 6.45) is 0.152. The van der Waals surface area contributed by atoms with E-state index in [9.17, 15) is 9.59 Å². The predicted molar refractivity (Wildman–Crippen MR) is 73.3 cm³/mol. The number of benzene rings is 1. The Morgan fingerprint density at radius 3 is 2.39 bits per heavy atom. The van der Waals surface area contributed by atoms with Gasteiger partial charge >= 0.3 is 12.0 Å². The van der Waals surface area contributed by atoms with E-state index in [0.29, 0.717) is 10.7 Å². The number of carboxylic acids is 1. The standard InChI is InChI=1S/C11H13ClN2O3S/c1-2-11(18,9(15)16)14-10(17)13-8-5-3-7(12)4-6-8/h3-6,18H,2H2,1H3,(H,15,16)(H2,13,14,17)/t11-/m1/s1. The van der Waals surface area contributed by atoms with Crippen molar-refractivity contribution < 1.29 is 14.7 Å². The summed E-state index contributed by atoms with van der Waals surface area (Å²) in [5, 5.41) is 14.3. The third-order valence-corrected chi connectivity index (χ3v) is 3.16. The fraction of sp³-hybridized carbons (Fsp3) is 0.273. The summed E-state index contributed by atoms with van der Waals surface area (Å²) in [6, 6.07) is 5.80. The van der Waals surface area contributed by atoms with E-state index in [4.69, 9.17) is 16.7 Å². The van der Waals surface area contributed by atoms with Gasteiger partial charge in [0.1, 0.15) is 0 Å². The van der Waals surface area contributed by atoms with Gasteiger partial charge in [-0.1, -0.05) is 18.5 Å². The van der Waals surface area contributed by atoms with Gasteiger partial charge in [-0.15, -0.1) is 12.6 Å². The Balaban J connectivity index is 2.66. The van der Waals surface area contributed by atoms with E-state index in [2.05, 4.69) is 23.3 Å². The Kier molecular flexibility index (Phi) is 4.86. The van der Waals surface area contributed by atoms with Crippen molar-refractivity contribution in [3.8, 4) is 0 Å². The van der Waals surface area contributed by atoms with Gasteiger partial charge in [0, 0.05) is 10.7 Å². The molecule has 0 saturated heterocycles. The molecule has 0 radical (unpaired) electrons. The van der Waals surface area contributed by atoms with Crippen LogP contribution in [0.5, 0.6) is 0 Å². The van der Waals surface area contributed by atoms with Gasteiger partial charge in [0.15, 0.2) is 4.87 Å². The zero-order valence-corrected chi connectivity index (χ0v) is 11.3. The number of carboxylic acid groups (broad SMARTS) is 1. The number of carbonyl (C=O) groups is 2. The fourth-order valence-corrected chi connectivity index (χ4v) is 1.40. The lowest BCUT2D eigenvalue weighted by atomic mass is 10.2. The number of urea groups is 1. The molecule has 0 aliphatic rings. The Hall–Kier alpha value is -1.40. The minimum Gasteiger partial charge on any atom is -0.479 e. The molecular formula is C11H13ClN2O3S. The molecule has 0 heterocycles. The zero-order valence-electron chi connectivity index (χ0n) is 9.61. The van der Waals surface area contributed by atoms with Gasteiger partial charge in [-0.05, 0) is 30.7 Å². The van der Waals surface area contributed by atoms with Crippen LogP contribution in [-0.4, -0.2) is 22.0 Å². The summed E-state index contributed by atoms with van der Waals surface area (Å²) in [5.41, 5.74) is 0.508. The molecule has 1 aromatic rings. The van der Waals surface area contributed by atoms with E-state index in [1.165, 1.54) is 0 Å². The number of hydrogen-bond acceptors (Lipinski definition) is 3. The van der Waals surface area contributed by atoms with Crippen molar-refractivity contribution >= 4 is 41.9 Å². The normalized spacial score (nSPS) is 13.5. The monoisotopic (exact) mass is 288 g/mol. The second-order valence-corrected chi connectivity index (χ2v) is 4.80. The van der Waals surface area contributed by atoms with Crippen LogP contribution in [0.3, 0.4) is 0 Å². The Labute approximate surface area is 115 Å². The number of hydrogen-bond donors (Lipinski definition) is 4. The topological polar surface area (TPSA) is 78.4 Å². The smallest absolute Gasteiger partial charge is 0.339 e. The van der Waals surface area contributed by atoms with Gasteiger partial charge in [0.05, 0.1) is 0 Å². The quantitative estimate of drug-likeness (QED) is 0.508. The van der Waals surface area contributed by atoms with Crippen LogP contribution >= 0.6 is 24.2 Å². The average molecular weight is 289 g/mol. The third-order valence-electron chi connectivity index (χ3n) is 2.29. The summed E-state index contributed by atoms with van der Waals surface area (Å²) in [6.45, 7) is 1.61. The molecule has 1 aromatic carbocycles. The zero-order chi connectivity index (χ0) is 13.8. The van der Waals surface area contributed by atoms with Crippen LogP contribution in [-0.2, 0) is 4.79 Å². The number of carbonyl (C=O) groups excluding carboxylic acids is 1. The number of aliphatic carboxylic acids is 1. The Morgan fingerprint density at radius 1 is 1.39 bits per heavy atom. The van der Waals surface area contributed by atoms with Crippen molar-refractivity contribution in [2.75, 3.05) is 5.32 Å². The largest absolute Gasteiger partial charge is 0.479 e. The minimum absolute atomic E-state index is 0.152. The number of halogens is 1. The maximum Gasteiger partial charge on any atom is 0.339 e. The molecule has 7 heteroatoms. The molecule has 1 atom stereocenters. The second kappa shape index (κ2) is 5.97. The van der Waals surface area contributed by atoms with Gasteiger partial charge in [0.2, 0.25) is 0 Å². The molecule has 3 N–H and O–H groups in total. The Morgan fingerprint density at radius 2 is 1.94 bits per heavy atom. The van der Waals surface area contributed by atoms with Crippen molar-refractivity contribution in [2.24, 2.45) is 0 Å². The number of amides is 2. The first-order chi connectivity index (χ1) is 8.37. The lowest BCUT2D eigenvalue weighted by molar-refractivity contribution is -0.140. The first-order valence-corrected chi connectivity index (χ1v) is 6.00. The molecule has 0 unspecified atom stereocenters. The highest BCUT2D eigenvalue weighted by molar-refractivity contribution is 7.82. The maximum atomic E-state index is 11.6. The summed E-state index contributed by atoms with van der Waals surface area (Å²) in [7, 11) is 0. The predicted octanol–water partition coefficient (Wildman–Crippen LogP) is 2.58. The van der Waals surface area contributed by atoms with Crippen LogP contribution in [0.15, 0.2) is 24.3 Å². The number of anilines is 1. The van der Waals surface area contributed by atoms with Gasteiger partial charge in [-0.3, -0.25) is 0 Å².